The van der Waals surface area contributed by atoms with E-state index in [2.05, 4.69) is 10.6 Å². The van der Waals surface area contributed by atoms with Gasteiger partial charge in [0.2, 0.25) is 0 Å². The fraction of sp³-hybridized carbons (Fsp3) is 0.500. The number of amides is 1. The molecule has 5 nitrogen and oxygen atoms in total. The van der Waals surface area contributed by atoms with Crippen LogP contribution in [0.3, 0.4) is 0 Å². The molecule has 0 aliphatic heterocycles. The van der Waals surface area contributed by atoms with Crippen molar-refractivity contribution in [1.82, 2.24) is 10.6 Å². The van der Waals surface area contributed by atoms with Crippen molar-refractivity contribution < 1.29 is 13.2 Å². The van der Waals surface area contributed by atoms with Crippen LogP contribution in [0.4, 0.5) is 0 Å². The molecule has 1 rings (SSSR count). The summed E-state index contributed by atoms with van der Waals surface area (Å²) in [6.07, 6.45) is 0.526. The van der Waals surface area contributed by atoms with E-state index in [1.165, 1.54) is 6.07 Å². The third kappa shape index (κ3) is 4.61. The number of hydrogen-bond acceptors (Lipinski definition) is 4. The summed E-state index contributed by atoms with van der Waals surface area (Å²) in [6.45, 7) is 5.74. The SMILES string of the molecule is CCCS(=O)(=O)c1ccccc1C(=O)NCCNCC. The first-order chi connectivity index (χ1) is 9.53. The van der Waals surface area contributed by atoms with Gasteiger partial charge >= 0.3 is 0 Å². The quantitative estimate of drug-likeness (QED) is 0.707. The second kappa shape index (κ2) is 8.01. The van der Waals surface area contributed by atoms with Gasteiger partial charge in [0, 0.05) is 13.1 Å². The highest BCUT2D eigenvalue weighted by Gasteiger charge is 2.20. The average molecular weight is 298 g/mol. The summed E-state index contributed by atoms with van der Waals surface area (Å²) < 4.78 is 24.3. The molecule has 112 valence electrons. The monoisotopic (exact) mass is 298 g/mol. The van der Waals surface area contributed by atoms with Gasteiger partial charge in [0.15, 0.2) is 9.84 Å². The van der Waals surface area contributed by atoms with Gasteiger partial charge in [-0.3, -0.25) is 4.79 Å². The molecule has 6 heteroatoms. The van der Waals surface area contributed by atoms with Gasteiger partial charge in [-0.25, -0.2) is 8.42 Å². The molecule has 0 saturated heterocycles. The van der Waals surface area contributed by atoms with Crippen molar-refractivity contribution in [3.63, 3.8) is 0 Å². The largest absolute Gasteiger partial charge is 0.351 e. The number of sulfone groups is 1. The Morgan fingerprint density at radius 1 is 1.15 bits per heavy atom. The first-order valence-corrected chi connectivity index (χ1v) is 8.48. The number of rotatable bonds is 8. The van der Waals surface area contributed by atoms with Gasteiger partial charge in [-0.15, -0.1) is 0 Å². The molecule has 0 spiro atoms. The van der Waals surface area contributed by atoms with E-state index in [0.717, 1.165) is 6.54 Å². The van der Waals surface area contributed by atoms with Crippen molar-refractivity contribution in [2.75, 3.05) is 25.4 Å². The molecule has 20 heavy (non-hydrogen) atoms. The molecule has 0 radical (unpaired) electrons. The number of nitrogens with one attached hydrogen (secondary N) is 2. The molecule has 1 aromatic rings. The van der Waals surface area contributed by atoms with Crippen LogP contribution < -0.4 is 10.6 Å². The summed E-state index contributed by atoms with van der Waals surface area (Å²) in [5.74, 6) is -0.299. The summed E-state index contributed by atoms with van der Waals surface area (Å²) in [5, 5.41) is 5.81. The maximum absolute atomic E-state index is 12.1. The molecule has 1 amide bonds. The van der Waals surface area contributed by atoms with Crippen molar-refractivity contribution in [3.05, 3.63) is 29.8 Å². The Kier molecular flexibility index (Phi) is 6.67. The minimum Gasteiger partial charge on any atom is -0.351 e. The van der Waals surface area contributed by atoms with E-state index in [1.54, 1.807) is 25.1 Å². The van der Waals surface area contributed by atoms with Gasteiger partial charge in [-0.2, -0.15) is 0 Å². The highest BCUT2D eigenvalue weighted by atomic mass is 32.2. The summed E-state index contributed by atoms with van der Waals surface area (Å²) in [4.78, 5) is 12.2. The lowest BCUT2D eigenvalue weighted by atomic mass is 10.2. The minimum absolute atomic E-state index is 0.0503. The molecular formula is C14H22N2O3S. The molecule has 0 saturated carbocycles. The highest BCUT2D eigenvalue weighted by Crippen LogP contribution is 2.17. The molecular weight excluding hydrogens is 276 g/mol. The smallest absolute Gasteiger partial charge is 0.252 e. The number of benzene rings is 1. The molecule has 0 aromatic heterocycles. The van der Waals surface area contributed by atoms with E-state index in [1.807, 2.05) is 6.92 Å². The van der Waals surface area contributed by atoms with Crippen molar-refractivity contribution >= 4 is 15.7 Å². The first-order valence-electron chi connectivity index (χ1n) is 6.83. The first kappa shape index (κ1) is 16.7. The Hall–Kier alpha value is -1.40. The van der Waals surface area contributed by atoms with Gasteiger partial charge in [0.05, 0.1) is 16.2 Å². The van der Waals surface area contributed by atoms with Crippen molar-refractivity contribution in [2.45, 2.75) is 25.2 Å². The summed E-state index contributed by atoms with van der Waals surface area (Å²) in [5.41, 5.74) is 0.220. The van der Waals surface area contributed by atoms with Crippen LogP contribution >= 0.6 is 0 Å². The fourth-order valence-corrected chi connectivity index (χ4v) is 3.38. The Morgan fingerprint density at radius 3 is 2.50 bits per heavy atom. The number of carbonyl (C=O) groups is 1. The second-order valence-corrected chi connectivity index (χ2v) is 6.50. The van der Waals surface area contributed by atoms with Gasteiger partial charge in [0.1, 0.15) is 0 Å². The van der Waals surface area contributed by atoms with E-state index >= 15 is 0 Å². The molecule has 1 aromatic carbocycles. The van der Waals surface area contributed by atoms with E-state index in [9.17, 15) is 13.2 Å². The third-order valence-corrected chi connectivity index (χ3v) is 4.75. The Labute approximate surface area is 120 Å². The maximum atomic E-state index is 12.1. The van der Waals surface area contributed by atoms with Crippen LogP contribution in [0.25, 0.3) is 0 Å². The van der Waals surface area contributed by atoms with Crippen LogP contribution in [0.5, 0.6) is 0 Å². The Bertz CT molecular complexity index is 541. The van der Waals surface area contributed by atoms with E-state index in [-0.39, 0.29) is 22.1 Å². The normalized spacial score (nSPS) is 11.3. The van der Waals surface area contributed by atoms with Crippen molar-refractivity contribution in [2.24, 2.45) is 0 Å². The summed E-state index contributed by atoms with van der Waals surface area (Å²) in [7, 11) is -3.40. The standard InChI is InChI=1S/C14H22N2O3S/c1-3-11-20(18,19)13-8-6-5-7-12(13)14(17)16-10-9-15-4-2/h5-8,15H,3-4,9-11H2,1-2H3,(H,16,17). The van der Waals surface area contributed by atoms with Crippen LogP contribution in [-0.2, 0) is 9.84 Å². The molecule has 0 atom stereocenters. The third-order valence-electron chi connectivity index (χ3n) is 2.78. The van der Waals surface area contributed by atoms with E-state index in [0.29, 0.717) is 19.5 Å². The lowest BCUT2D eigenvalue weighted by molar-refractivity contribution is 0.0950. The molecule has 2 N–H and O–H groups in total. The Morgan fingerprint density at radius 2 is 1.85 bits per heavy atom. The lowest BCUT2D eigenvalue weighted by Gasteiger charge is -2.10. The zero-order chi connectivity index (χ0) is 15.0. The maximum Gasteiger partial charge on any atom is 0.252 e. The summed E-state index contributed by atoms with van der Waals surface area (Å²) in [6, 6.07) is 6.34. The second-order valence-electron chi connectivity index (χ2n) is 4.42. The van der Waals surface area contributed by atoms with Crippen LogP contribution in [0.2, 0.25) is 0 Å². The molecule has 0 unspecified atom stereocenters. The van der Waals surface area contributed by atoms with Crippen LogP contribution in [-0.4, -0.2) is 39.7 Å². The van der Waals surface area contributed by atoms with E-state index in [4.69, 9.17) is 0 Å². The Balaban J connectivity index is 2.88. The topological polar surface area (TPSA) is 75.3 Å². The molecule has 0 bridgehead atoms. The predicted octanol–water partition coefficient (Wildman–Crippen LogP) is 1.21. The van der Waals surface area contributed by atoms with Crippen LogP contribution in [0.15, 0.2) is 29.2 Å². The zero-order valence-corrected chi connectivity index (χ0v) is 12.8. The van der Waals surface area contributed by atoms with Gasteiger partial charge in [-0.05, 0) is 25.1 Å². The number of hydrogen-bond donors (Lipinski definition) is 2. The summed E-state index contributed by atoms with van der Waals surface area (Å²) >= 11 is 0. The molecule has 0 fully saturated rings. The van der Waals surface area contributed by atoms with Gasteiger partial charge in [0.25, 0.3) is 5.91 Å². The minimum atomic E-state index is -3.40. The van der Waals surface area contributed by atoms with Gasteiger partial charge in [-0.1, -0.05) is 26.0 Å². The van der Waals surface area contributed by atoms with Crippen molar-refractivity contribution in [3.8, 4) is 0 Å². The van der Waals surface area contributed by atoms with Crippen LogP contribution in [0, 0.1) is 0 Å². The molecule has 0 heterocycles. The number of likely N-dealkylation sites (N-methyl/N-ethyl adjacent to an activating group) is 1. The van der Waals surface area contributed by atoms with Crippen molar-refractivity contribution in [1.29, 1.82) is 0 Å². The molecule has 0 aliphatic rings. The van der Waals surface area contributed by atoms with Crippen LogP contribution in [0.1, 0.15) is 30.6 Å². The highest BCUT2D eigenvalue weighted by molar-refractivity contribution is 7.91. The average Bonchev–Trinajstić information content (AvgIpc) is 2.43. The van der Waals surface area contributed by atoms with E-state index < -0.39 is 9.84 Å². The predicted molar refractivity (Wildman–Crippen MR) is 79.7 cm³/mol. The lowest BCUT2D eigenvalue weighted by Crippen LogP contribution is -2.32. The fourth-order valence-electron chi connectivity index (χ4n) is 1.84. The number of carbonyl (C=O) groups excluding carboxylic acids is 1. The van der Waals surface area contributed by atoms with Gasteiger partial charge < -0.3 is 10.6 Å². The molecule has 0 aliphatic carbocycles. The zero-order valence-electron chi connectivity index (χ0n) is 12.0.